The van der Waals surface area contributed by atoms with Gasteiger partial charge in [-0.3, -0.25) is 10.1 Å². The van der Waals surface area contributed by atoms with E-state index in [9.17, 15) is 10.1 Å². The van der Waals surface area contributed by atoms with E-state index in [0.29, 0.717) is 11.0 Å². The smallest absolute Gasteiger partial charge is 0.288 e. The van der Waals surface area contributed by atoms with Crippen LogP contribution in [0.25, 0.3) is 0 Å². The fourth-order valence-corrected chi connectivity index (χ4v) is 2.43. The number of nitrogens with zero attached hydrogens (tertiary/aromatic N) is 1. The van der Waals surface area contributed by atoms with Crippen molar-refractivity contribution in [2.45, 2.75) is 19.9 Å². The lowest BCUT2D eigenvalue weighted by atomic mass is 9.97. The summed E-state index contributed by atoms with van der Waals surface area (Å²) in [5.74, 6) is 0. The van der Waals surface area contributed by atoms with Gasteiger partial charge in [-0.2, -0.15) is 0 Å². The van der Waals surface area contributed by atoms with Crippen LogP contribution >= 0.6 is 15.9 Å². The van der Waals surface area contributed by atoms with Gasteiger partial charge in [-0.15, -0.1) is 0 Å². The molecule has 0 aliphatic carbocycles. The summed E-state index contributed by atoms with van der Waals surface area (Å²) in [6, 6.07) is 2.03. The Bertz CT molecular complexity index is 432. The minimum absolute atomic E-state index is 0.220. The summed E-state index contributed by atoms with van der Waals surface area (Å²) in [6.45, 7) is 3.37. The van der Waals surface area contributed by atoms with Crippen molar-refractivity contribution in [2.24, 2.45) is 0 Å². The van der Waals surface area contributed by atoms with E-state index >= 15 is 0 Å². The average Bonchev–Trinajstić information content (AvgIpc) is 2.19. The molecule has 0 saturated heterocycles. The second-order valence-corrected chi connectivity index (χ2v) is 4.47. The Morgan fingerprint density at radius 1 is 1.60 bits per heavy atom. The molecule has 0 radical (unpaired) electrons. The van der Waals surface area contributed by atoms with Crippen molar-refractivity contribution < 1.29 is 4.92 Å². The Balaban J connectivity index is 2.68. The average molecular weight is 271 g/mol. The number of rotatable bonds is 1. The SMILES string of the molecule is Cc1cc2c(c([N+](=O)[O-])c1Br)CNCC2. The van der Waals surface area contributed by atoms with Gasteiger partial charge in [-0.25, -0.2) is 0 Å². The Hall–Kier alpha value is -0.940. The van der Waals surface area contributed by atoms with Crippen LogP contribution in [0.2, 0.25) is 0 Å². The van der Waals surface area contributed by atoms with Crippen molar-refractivity contribution in [3.63, 3.8) is 0 Å². The molecule has 1 aromatic rings. The predicted octanol–water partition coefficient (Wildman–Crippen LogP) is 2.31. The Labute approximate surface area is 96.0 Å². The summed E-state index contributed by atoms with van der Waals surface area (Å²) in [5, 5.41) is 14.2. The fraction of sp³-hybridized carbons (Fsp3) is 0.400. The van der Waals surface area contributed by atoms with E-state index in [0.717, 1.165) is 29.7 Å². The fourth-order valence-electron chi connectivity index (χ4n) is 1.93. The molecule has 0 aromatic heterocycles. The monoisotopic (exact) mass is 270 g/mol. The molecular weight excluding hydrogens is 260 g/mol. The standard InChI is InChI=1S/C10H11BrN2O2/c1-6-4-7-2-3-12-5-8(7)10(9(6)11)13(14)15/h4,12H,2-3,5H2,1H3. The van der Waals surface area contributed by atoms with Crippen LogP contribution in [0, 0.1) is 17.0 Å². The van der Waals surface area contributed by atoms with Gasteiger partial charge in [-0.1, -0.05) is 6.07 Å². The van der Waals surface area contributed by atoms with Crippen LogP contribution in [0.15, 0.2) is 10.5 Å². The quantitative estimate of drug-likeness (QED) is 0.630. The van der Waals surface area contributed by atoms with Crippen LogP contribution in [0.4, 0.5) is 5.69 Å². The summed E-state index contributed by atoms with van der Waals surface area (Å²) < 4.78 is 0.606. The number of nitrogens with one attached hydrogen (secondary N) is 1. The Morgan fingerprint density at radius 2 is 2.33 bits per heavy atom. The van der Waals surface area contributed by atoms with E-state index in [1.165, 1.54) is 0 Å². The number of aryl methyl sites for hydroxylation is 1. The molecule has 80 valence electrons. The molecule has 0 spiro atoms. The van der Waals surface area contributed by atoms with Crippen LogP contribution in [-0.2, 0) is 13.0 Å². The molecule has 5 heteroatoms. The molecule has 1 N–H and O–H groups in total. The lowest BCUT2D eigenvalue weighted by Crippen LogP contribution is -2.24. The molecular formula is C10H11BrN2O2. The topological polar surface area (TPSA) is 55.2 Å². The van der Waals surface area contributed by atoms with E-state index in [2.05, 4.69) is 21.2 Å². The number of nitro groups is 1. The molecule has 15 heavy (non-hydrogen) atoms. The molecule has 1 heterocycles. The number of nitro benzene ring substituents is 1. The second kappa shape index (κ2) is 3.90. The van der Waals surface area contributed by atoms with Gasteiger partial charge in [0.1, 0.15) is 0 Å². The van der Waals surface area contributed by atoms with Gasteiger partial charge in [0.05, 0.1) is 9.40 Å². The minimum Gasteiger partial charge on any atom is -0.312 e. The van der Waals surface area contributed by atoms with E-state index in [4.69, 9.17) is 0 Å². The van der Waals surface area contributed by atoms with Gasteiger partial charge in [0.25, 0.3) is 5.69 Å². The lowest BCUT2D eigenvalue weighted by molar-refractivity contribution is -0.386. The highest BCUT2D eigenvalue weighted by Gasteiger charge is 2.25. The Kier molecular flexibility index (Phi) is 2.75. The molecule has 1 aromatic carbocycles. The molecule has 0 fully saturated rings. The van der Waals surface area contributed by atoms with Gasteiger partial charge in [0.15, 0.2) is 0 Å². The van der Waals surface area contributed by atoms with Crippen molar-refractivity contribution in [3.05, 3.63) is 37.3 Å². The molecule has 4 nitrogen and oxygen atoms in total. The number of fused-ring (bicyclic) bond motifs is 1. The number of benzene rings is 1. The third-order valence-corrected chi connectivity index (χ3v) is 3.67. The van der Waals surface area contributed by atoms with Crippen LogP contribution in [0.3, 0.4) is 0 Å². The molecule has 0 amide bonds. The highest BCUT2D eigenvalue weighted by atomic mass is 79.9. The molecule has 0 bridgehead atoms. The van der Waals surface area contributed by atoms with Crippen LogP contribution in [0.1, 0.15) is 16.7 Å². The number of hydrogen-bond acceptors (Lipinski definition) is 3. The summed E-state index contributed by atoms with van der Waals surface area (Å²) in [7, 11) is 0. The van der Waals surface area contributed by atoms with Crippen LogP contribution in [-0.4, -0.2) is 11.5 Å². The van der Waals surface area contributed by atoms with E-state index in [1.54, 1.807) is 0 Å². The van der Waals surface area contributed by atoms with Gasteiger partial charge in [-0.05, 0) is 46.9 Å². The van der Waals surface area contributed by atoms with Gasteiger partial charge < -0.3 is 5.32 Å². The van der Waals surface area contributed by atoms with Gasteiger partial charge in [0.2, 0.25) is 0 Å². The zero-order valence-corrected chi connectivity index (χ0v) is 9.93. The largest absolute Gasteiger partial charge is 0.312 e. The van der Waals surface area contributed by atoms with Gasteiger partial charge in [0, 0.05) is 12.1 Å². The molecule has 1 aliphatic heterocycles. The second-order valence-electron chi connectivity index (χ2n) is 3.68. The van der Waals surface area contributed by atoms with Crippen LogP contribution < -0.4 is 5.32 Å². The normalized spacial score (nSPS) is 14.8. The molecule has 0 atom stereocenters. The van der Waals surface area contributed by atoms with E-state index in [1.807, 2.05) is 13.0 Å². The first kappa shape index (κ1) is 10.6. The maximum Gasteiger partial charge on any atom is 0.288 e. The van der Waals surface area contributed by atoms with Crippen molar-refractivity contribution in [1.29, 1.82) is 0 Å². The summed E-state index contributed by atoms with van der Waals surface area (Å²) in [5.41, 5.74) is 3.07. The molecule has 0 saturated carbocycles. The van der Waals surface area contributed by atoms with Crippen molar-refractivity contribution >= 4 is 21.6 Å². The van der Waals surface area contributed by atoms with Crippen molar-refractivity contribution in [1.82, 2.24) is 5.32 Å². The summed E-state index contributed by atoms with van der Waals surface area (Å²) >= 11 is 3.29. The summed E-state index contributed by atoms with van der Waals surface area (Å²) in [4.78, 5) is 10.7. The van der Waals surface area contributed by atoms with Crippen molar-refractivity contribution in [2.75, 3.05) is 6.54 Å². The third-order valence-electron chi connectivity index (χ3n) is 2.67. The maximum atomic E-state index is 11.0. The summed E-state index contributed by atoms with van der Waals surface area (Å²) in [6.07, 6.45) is 0.865. The highest BCUT2D eigenvalue weighted by molar-refractivity contribution is 9.10. The zero-order chi connectivity index (χ0) is 11.0. The van der Waals surface area contributed by atoms with Crippen molar-refractivity contribution in [3.8, 4) is 0 Å². The number of hydrogen-bond donors (Lipinski definition) is 1. The molecule has 2 rings (SSSR count). The number of halogens is 1. The first-order chi connectivity index (χ1) is 7.11. The van der Waals surface area contributed by atoms with Gasteiger partial charge >= 0.3 is 0 Å². The predicted molar refractivity (Wildman–Crippen MR) is 60.9 cm³/mol. The first-order valence-electron chi connectivity index (χ1n) is 4.77. The van der Waals surface area contributed by atoms with E-state index in [-0.39, 0.29) is 10.6 Å². The lowest BCUT2D eigenvalue weighted by Gasteiger charge is -2.18. The minimum atomic E-state index is -0.303. The Morgan fingerprint density at radius 3 is 3.00 bits per heavy atom. The molecule has 0 unspecified atom stereocenters. The molecule has 1 aliphatic rings. The van der Waals surface area contributed by atoms with E-state index < -0.39 is 0 Å². The zero-order valence-electron chi connectivity index (χ0n) is 8.34. The maximum absolute atomic E-state index is 11.0. The van der Waals surface area contributed by atoms with Crippen LogP contribution in [0.5, 0.6) is 0 Å². The third kappa shape index (κ3) is 1.77. The highest BCUT2D eigenvalue weighted by Crippen LogP contribution is 2.35. The first-order valence-corrected chi connectivity index (χ1v) is 5.56.